The maximum Gasteiger partial charge on any atom is 0.113 e. The molecule has 0 aliphatic carbocycles. The smallest absolute Gasteiger partial charge is 0.113 e. The van der Waals surface area contributed by atoms with Crippen molar-refractivity contribution >= 4 is 43.6 Å². The fourth-order valence-electron chi connectivity index (χ4n) is 6.86. The van der Waals surface area contributed by atoms with E-state index in [0.29, 0.717) is 5.56 Å². The summed E-state index contributed by atoms with van der Waals surface area (Å²) in [6.07, 6.45) is 1.82. The molecule has 0 saturated heterocycles. The monoisotopic (exact) mass is 587 g/mol. The summed E-state index contributed by atoms with van der Waals surface area (Å²) < 4.78 is 4.56. The minimum Gasteiger partial charge on any atom is -0.309 e. The van der Waals surface area contributed by atoms with Crippen LogP contribution in [0, 0.1) is 11.3 Å². The molecule has 0 spiro atoms. The number of para-hydroxylation sites is 4. The lowest BCUT2D eigenvalue weighted by molar-refractivity contribution is 1.13. The van der Waals surface area contributed by atoms with E-state index in [9.17, 15) is 5.26 Å². The van der Waals surface area contributed by atoms with Crippen LogP contribution < -0.4 is 0 Å². The van der Waals surface area contributed by atoms with Gasteiger partial charge in [0.1, 0.15) is 5.69 Å². The molecule has 0 N–H and O–H groups in total. The molecule has 0 radical (unpaired) electrons. The highest BCUT2D eigenvalue weighted by atomic mass is 15.0. The summed E-state index contributed by atoms with van der Waals surface area (Å²) in [7, 11) is 0. The maximum atomic E-state index is 9.93. The molecular formula is C41H25N5. The van der Waals surface area contributed by atoms with Gasteiger partial charge in [-0.3, -0.25) is 4.98 Å². The number of aromatic nitrogens is 4. The van der Waals surface area contributed by atoms with Gasteiger partial charge in [-0.25, -0.2) is 4.98 Å². The van der Waals surface area contributed by atoms with Gasteiger partial charge in [-0.2, -0.15) is 5.26 Å². The van der Waals surface area contributed by atoms with E-state index in [1.54, 1.807) is 0 Å². The van der Waals surface area contributed by atoms with Crippen LogP contribution in [0.15, 0.2) is 152 Å². The fraction of sp³-hybridized carbons (Fsp3) is 0. The number of fused-ring (bicyclic) bond motifs is 6. The predicted molar refractivity (Wildman–Crippen MR) is 186 cm³/mol. The molecule has 0 aliphatic heterocycles. The first-order valence-corrected chi connectivity index (χ1v) is 15.2. The Morgan fingerprint density at radius 1 is 0.478 bits per heavy atom. The van der Waals surface area contributed by atoms with Crippen molar-refractivity contribution in [3.63, 3.8) is 0 Å². The van der Waals surface area contributed by atoms with Crippen LogP contribution in [0.2, 0.25) is 0 Å². The first-order chi connectivity index (χ1) is 22.8. The molecule has 4 heterocycles. The lowest BCUT2D eigenvalue weighted by Gasteiger charge is -2.16. The molecule has 214 valence electrons. The van der Waals surface area contributed by atoms with Crippen LogP contribution in [0.1, 0.15) is 5.56 Å². The highest BCUT2D eigenvalue weighted by molar-refractivity contribution is 6.10. The molecule has 0 bridgehead atoms. The average Bonchev–Trinajstić information content (AvgIpc) is 3.64. The molecular weight excluding hydrogens is 562 g/mol. The van der Waals surface area contributed by atoms with Crippen molar-refractivity contribution in [3.05, 3.63) is 157 Å². The van der Waals surface area contributed by atoms with Crippen LogP contribution in [0.5, 0.6) is 0 Å². The van der Waals surface area contributed by atoms with E-state index in [1.165, 1.54) is 21.5 Å². The van der Waals surface area contributed by atoms with Crippen LogP contribution in [-0.4, -0.2) is 19.1 Å². The van der Waals surface area contributed by atoms with Gasteiger partial charge in [0.05, 0.1) is 56.5 Å². The Balaban J connectivity index is 1.28. The molecule has 5 aromatic carbocycles. The fourth-order valence-corrected chi connectivity index (χ4v) is 6.86. The lowest BCUT2D eigenvalue weighted by Crippen LogP contribution is -2.02. The Hall–Kier alpha value is -6.51. The third-order valence-electron chi connectivity index (χ3n) is 8.82. The molecule has 46 heavy (non-hydrogen) atoms. The van der Waals surface area contributed by atoms with Gasteiger partial charge in [0.15, 0.2) is 0 Å². The van der Waals surface area contributed by atoms with Gasteiger partial charge in [0.25, 0.3) is 0 Å². The maximum absolute atomic E-state index is 9.93. The first kappa shape index (κ1) is 25.9. The zero-order valence-corrected chi connectivity index (χ0v) is 24.7. The first-order valence-electron chi connectivity index (χ1n) is 15.2. The van der Waals surface area contributed by atoms with Gasteiger partial charge >= 0.3 is 0 Å². The minimum absolute atomic E-state index is 0.579. The highest BCUT2D eigenvalue weighted by Crippen LogP contribution is 2.38. The number of rotatable bonds is 4. The number of nitrogens with zero attached hydrogens (tertiary/aromatic N) is 5. The molecule has 0 saturated carbocycles. The highest BCUT2D eigenvalue weighted by Gasteiger charge is 2.19. The number of hydrogen-bond donors (Lipinski definition) is 0. The Labute approximate surface area is 264 Å². The normalized spacial score (nSPS) is 11.5. The second kappa shape index (κ2) is 10.3. The Bertz CT molecular complexity index is 2560. The summed E-state index contributed by atoms with van der Waals surface area (Å²) in [6.45, 7) is 0. The summed E-state index contributed by atoms with van der Waals surface area (Å²) in [5.74, 6) is 0. The molecule has 4 aromatic heterocycles. The van der Waals surface area contributed by atoms with Crippen molar-refractivity contribution in [2.75, 3.05) is 0 Å². The summed E-state index contributed by atoms with van der Waals surface area (Å²) in [4.78, 5) is 10.2. The van der Waals surface area contributed by atoms with Crippen LogP contribution in [-0.2, 0) is 0 Å². The predicted octanol–water partition coefficient (Wildman–Crippen LogP) is 9.88. The molecule has 0 fully saturated rings. The summed E-state index contributed by atoms with van der Waals surface area (Å²) >= 11 is 0. The second-order valence-electron chi connectivity index (χ2n) is 11.4. The van der Waals surface area contributed by atoms with Crippen molar-refractivity contribution in [1.29, 1.82) is 5.26 Å². The molecule has 0 amide bonds. The van der Waals surface area contributed by atoms with Crippen LogP contribution in [0.25, 0.3) is 77.6 Å². The van der Waals surface area contributed by atoms with Crippen molar-refractivity contribution in [2.45, 2.75) is 0 Å². The van der Waals surface area contributed by atoms with Gasteiger partial charge in [0, 0.05) is 33.3 Å². The average molecular weight is 588 g/mol. The summed E-state index contributed by atoms with van der Waals surface area (Å²) in [5.41, 5.74) is 10.1. The third-order valence-corrected chi connectivity index (χ3v) is 8.82. The topological polar surface area (TPSA) is 59.4 Å². The van der Waals surface area contributed by atoms with E-state index in [4.69, 9.17) is 9.97 Å². The van der Waals surface area contributed by atoms with Crippen LogP contribution in [0.4, 0.5) is 0 Å². The van der Waals surface area contributed by atoms with E-state index in [2.05, 4.69) is 118 Å². The van der Waals surface area contributed by atoms with E-state index < -0.39 is 0 Å². The molecule has 5 heteroatoms. The number of hydrogen-bond acceptors (Lipinski definition) is 3. The summed E-state index contributed by atoms with van der Waals surface area (Å²) in [5, 5.41) is 14.7. The molecule has 9 aromatic rings. The van der Waals surface area contributed by atoms with Gasteiger partial charge in [-0.1, -0.05) is 78.9 Å². The second-order valence-corrected chi connectivity index (χ2v) is 11.4. The van der Waals surface area contributed by atoms with E-state index in [-0.39, 0.29) is 0 Å². The zero-order chi connectivity index (χ0) is 30.6. The Kier molecular flexibility index (Phi) is 5.81. The number of pyridine rings is 2. The van der Waals surface area contributed by atoms with Crippen LogP contribution >= 0.6 is 0 Å². The van der Waals surface area contributed by atoms with Crippen LogP contribution in [0.3, 0.4) is 0 Å². The number of benzene rings is 5. The van der Waals surface area contributed by atoms with Gasteiger partial charge in [0.2, 0.25) is 0 Å². The van der Waals surface area contributed by atoms with Crippen molar-refractivity contribution in [1.82, 2.24) is 19.1 Å². The van der Waals surface area contributed by atoms with E-state index in [0.717, 1.165) is 56.1 Å². The van der Waals surface area contributed by atoms with E-state index in [1.807, 2.05) is 48.7 Å². The molecule has 0 aliphatic rings. The SMILES string of the molecule is N#Cc1ccc(-n2c3ccccc3c3ccccc32)c(-c2cccc(-c3ncccc3-n3c4ccccc4c4ccccc43)n2)c1. The molecule has 0 unspecified atom stereocenters. The Morgan fingerprint density at radius 3 is 1.57 bits per heavy atom. The third kappa shape index (κ3) is 3.88. The van der Waals surface area contributed by atoms with E-state index >= 15 is 0 Å². The van der Waals surface area contributed by atoms with Crippen molar-refractivity contribution in [3.8, 4) is 40.1 Å². The number of nitriles is 1. The van der Waals surface area contributed by atoms with Crippen molar-refractivity contribution in [2.24, 2.45) is 0 Å². The standard InChI is InChI=1S/C41H25N5/c42-26-27-22-23-39(45-35-17-5-1-11-28(35)29-12-2-6-18-36(29)45)32(25-27)33-15-9-16-34(44-33)41-40(21-10-24-43-41)46-37-19-7-3-13-30(37)31-14-4-8-20-38(31)46/h1-25H. The van der Waals surface area contributed by atoms with Gasteiger partial charge in [-0.15, -0.1) is 0 Å². The molecule has 9 rings (SSSR count). The Morgan fingerprint density at radius 2 is 1.00 bits per heavy atom. The van der Waals surface area contributed by atoms with Gasteiger partial charge in [-0.05, 0) is 66.7 Å². The quantitative estimate of drug-likeness (QED) is 0.206. The minimum atomic E-state index is 0.579. The van der Waals surface area contributed by atoms with Crippen molar-refractivity contribution < 1.29 is 0 Å². The largest absolute Gasteiger partial charge is 0.309 e. The van der Waals surface area contributed by atoms with Gasteiger partial charge < -0.3 is 9.13 Å². The zero-order valence-electron chi connectivity index (χ0n) is 24.7. The molecule has 0 atom stereocenters. The lowest BCUT2D eigenvalue weighted by atomic mass is 10.0. The molecule has 5 nitrogen and oxygen atoms in total. The summed E-state index contributed by atoms with van der Waals surface area (Å²) in [6, 6.07) is 52.2.